The number of aromatic nitrogens is 2. The second-order valence-electron chi connectivity index (χ2n) is 2.99. The quantitative estimate of drug-likeness (QED) is 0.853. The Kier molecular flexibility index (Phi) is 3.48. The van der Waals surface area contributed by atoms with Gasteiger partial charge in [-0.05, 0) is 12.1 Å². The fourth-order valence-corrected chi connectivity index (χ4v) is 1.89. The van der Waals surface area contributed by atoms with Crippen molar-refractivity contribution < 1.29 is 4.79 Å². The molecule has 1 amide bonds. The Hall–Kier alpha value is -1.46. The number of amides is 1. The third kappa shape index (κ3) is 2.56. The van der Waals surface area contributed by atoms with Gasteiger partial charge < -0.3 is 5.32 Å². The van der Waals surface area contributed by atoms with E-state index in [0.717, 1.165) is 4.88 Å². The predicted molar refractivity (Wildman–Crippen MR) is 62.5 cm³/mol. The van der Waals surface area contributed by atoms with Crippen molar-refractivity contribution in [3.05, 3.63) is 45.6 Å². The molecule has 0 saturated carbocycles. The molecular formula is C10H8ClN3OS. The van der Waals surface area contributed by atoms with Crippen LogP contribution in [0.5, 0.6) is 0 Å². The molecule has 6 heteroatoms. The van der Waals surface area contributed by atoms with Crippen LogP contribution in [0, 0.1) is 0 Å². The lowest BCUT2D eigenvalue weighted by atomic mass is 10.2. The van der Waals surface area contributed by atoms with Crippen LogP contribution < -0.4 is 5.32 Å². The van der Waals surface area contributed by atoms with Crippen LogP contribution in [-0.2, 0) is 6.54 Å². The predicted octanol–water partition coefficient (Wildman–Crippen LogP) is 2.12. The Morgan fingerprint density at radius 2 is 2.44 bits per heavy atom. The van der Waals surface area contributed by atoms with Crippen molar-refractivity contribution in [2.24, 2.45) is 0 Å². The minimum Gasteiger partial charge on any atom is -0.347 e. The summed E-state index contributed by atoms with van der Waals surface area (Å²) in [6, 6.07) is 3.31. The number of carbonyl (C=O) groups is 1. The van der Waals surface area contributed by atoms with E-state index < -0.39 is 0 Å². The average molecular weight is 254 g/mol. The maximum absolute atomic E-state index is 11.7. The second-order valence-corrected chi connectivity index (χ2v) is 4.32. The van der Waals surface area contributed by atoms with Crippen LogP contribution in [0.2, 0.25) is 5.15 Å². The molecular weight excluding hydrogens is 246 g/mol. The number of halogens is 1. The summed E-state index contributed by atoms with van der Waals surface area (Å²) in [5, 5.41) is 2.96. The third-order valence-electron chi connectivity index (χ3n) is 1.91. The van der Waals surface area contributed by atoms with Crippen molar-refractivity contribution in [3.63, 3.8) is 0 Å². The first-order valence-corrected chi connectivity index (χ1v) is 5.79. The highest BCUT2D eigenvalue weighted by molar-refractivity contribution is 7.09. The van der Waals surface area contributed by atoms with E-state index >= 15 is 0 Å². The van der Waals surface area contributed by atoms with Gasteiger partial charge in [0.1, 0.15) is 5.15 Å². The van der Waals surface area contributed by atoms with E-state index in [1.54, 1.807) is 30.0 Å². The van der Waals surface area contributed by atoms with Gasteiger partial charge in [0, 0.05) is 17.3 Å². The summed E-state index contributed by atoms with van der Waals surface area (Å²) in [5.41, 5.74) is 2.10. The number of nitrogens with one attached hydrogen (secondary N) is 1. The molecule has 0 saturated heterocycles. The molecule has 2 aromatic rings. The molecule has 0 fully saturated rings. The van der Waals surface area contributed by atoms with Crippen LogP contribution in [0.15, 0.2) is 30.0 Å². The summed E-state index contributed by atoms with van der Waals surface area (Å²) in [7, 11) is 0. The maximum atomic E-state index is 11.7. The highest BCUT2D eigenvalue weighted by atomic mass is 35.5. The van der Waals surface area contributed by atoms with Crippen LogP contribution >= 0.6 is 22.9 Å². The van der Waals surface area contributed by atoms with Crippen LogP contribution in [0.4, 0.5) is 0 Å². The number of hydrogen-bond donors (Lipinski definition) is 1. The fourth-order valence-electron chi connectivity index (χ4n) is 1.15. The molecule has 0 aromatic carbocycles. The molecule has 0 unspecified atom stereocenters. The van der Waals surface area contributed by atoms with Crippen molar-refractivity contribution in [1.82, 2.24) is 15.3 Å². The summed E-state index contributed by atoms with van der Waals surface area (Å²) in [5.74, 6) is -0.230. The molecule has 0 aliphatic heterocycles. The summed E-state index contributed by atoms with van der Waals surface area (Å²) in [4.78, 5) is 20.5. The Morgan fingerprint density at radius 3 is 3.12 bits per heavy atom. The number of carbonyl (C=O) groups excluding carboxylic acids is 1. The molecule has 2 rings (SSSR count). The van der Waals surface area contributed by atoms with E-state index in [2.05, 4.69) is 15.3 Å². The molecule has 2 aromatic heterocycles. The molecule has 0 aliphatic rings. The SMILES string of the molecule is O=C(NCc1cncs1)c1cccnc1Cl. The van der Waals surface area contributed by atoms with E-state index in [4.69, 9.17) is 11.6 Å². The zero-order valence-electron chi connectivity index (χ0n) is 8.18. The molecule has 0 bridgehead atoms. The van der Waals surface area contributed by atoms with Gasteiger partial charge in [0.05, 0.1) is 17.6 Å². The largest absolute Gasteiger partial charge is 0.347 e. The Bertz CT molecular complexity index is 487. The van der Waals surface area contributed by atoms with Gasteiger partial charge in [-0.1, -0.05) is 11.6 Å². The van der Waals surface area contributed by atoms with Gasteiger partial charge in [0.15, 0.2) is 0 Å². The Balaban J connectivity index is 2.01. The van der Waals surface area contributed by atoms with Crippen LogP contribution in [-0.4, -0.2) is 15.9 Å². The highest BCUT2D eigenvalue weighted by Gasteiger charge is 2.10. The number of thiazole rings is 1. The van der Waals surface area contributed by atoms with Crippen LogP contribution in [0.1, 0.15) is 15.2 Å². The minimum absolute atomic E-state index is 0.212. The Morgan fingerprint density at radius 1 is 1.56 bits per heavy atom. The molecule has 0 radical (unpaired) electrons. The summed E-state index contributed by atoms with van der Waals surface area (Å²) in [6.45, 7) is 0.453. The lowest BCUT2D eigenvalue weighted by Crippen LogP contribution is -2.22. The first-order chi connectivity index (χ1) is 7.77. The smallest absolute Gasteiger partial charge is 0.254 e. The number of rotatable bonds is 3. The topological polar surface area (TPSA) is 54.9 Å². The lowest BCUT2D eigenvalue weighted by molar-refractivity contribution is 0.0951. The van der Waals surface area contributed by atoms with Gasteiger partial charge in [-0.25, -0.2) is 4.98 Å². The summed E-state index contributed by atoms with van der Waals surface area (Å²) >= 11 is 7.29. The van der Waals surface area contributed by atoms with Gasteiger partial charge in [-0.2, -0.15) is 0 Å². The number of nitrogens with zero attached hydrogens (tertiary/aromatic N) is 2. The zero-order valence-corrected chi connectivity index (χ0v) is 9.76. The zero-order chi connectivity index (χ0) is 11.4. The molecule has 0 aliphatic carbocycles. The normalized spacial score (nSPS) is 10.1. The van der Waals surface area contributed by atoms with E-state index in [1.807, 2.05) is 0 Å². The van der Waals surface area contributed by atoms with Gasteiger partial charge in [-0.3, -0.25) is 9.78 Å². The minimum atomic E-state index is -0.230. The number of pyridine rings is 1. The average Bonchev–Trinajstić information content (AvgIpc) is 2.79. The van der Waals surface area contributed by atoms with Gasteiger partial charge in [0.2, 0.25) is 0 Å². The molecule has 4 nitrogen and oxygen atoms in total. The monoisotopic (exact) mass is 253 g/mol. The van der Waals surface area contributed by atoms with E-state index in [0.29, 0.717) is 12.1 Å². The van der Waals surface area contributed by atoms with Crippen molar-refractivity contribution in [2.45, 2.75) is 6.54 Å². The molecule has 2 heterocycles. The maximum Gasteiger partial charge on any atom is 0.254 e. The fraction of sp³-hybridized carbons (Fsp3) is 0.100. The second kappa shape index (κ2) is 5.05. The molecule has 0 atom stereocenters. The highest BCUT2D eigenvalue weighted by Crippen LogP contribution is 2.11. The van der Waals surface area contributed by atoms with E-state index in [9.17, 15) is 4.79 Å². The molecule has 0 spiro atoms. The van der Waals surface area contributed by atoms with Crippen molar-refractivity contribution in [3.8, 4) is 0 Å². The summed E-state index contributed by atoms with van der Waals surface area (Å²) in [6.07, 6.45) is 3.26. The van der Waals surface area contributed by atoms with Crippen LogP contribution in [0.3, 0.4) is 0 Å². The third-order valence-corrected chi connectivity index (χ3v) is 2.99. The van der Waals surface area contributed by atoms with Gasteiger partial charge in [0.25, 0.3) is 5.91 Å². The molecule has 82 valence electrons. The van der Waals surface area contributed by atoms with Crippen molar-refractivity contribution in [1.29, 1.82) is 0 Å². The van der Waals surface area contributed by atoms with Crippen molar-refractivity contribution >= 4 is 28.8 Å². The molecule has 1 N–H and O–H groups in total. The Labute approximate surface area is 101 Å². The van der Waals surface area contributed by atoms with E-state index in [1.165, 1.54) is 11.3 Å². The first kappa shape index (κ1) is 11.0. The van der Waals surface area contributed by atoms with Gasteiger partial charge >= 0.3 is 0 Å². The number of hydrogen-bond acceptors (Lipinski definition) is 4. The lowest BCUT2D eigenvalue weighted by Gasteiger charge is -2.03. The molecule has 16 heavy (non-hydrogen) atoms. The van der Waals surface area contributed by atoms with Crippen LogP contribution in [0.25, 0.3) is 0 Å². The standard InChI is InChI=1S/C10H8ClN3OS/c11-9-8(2-1-3-13-9)10(15)14-5-7-4-12-6-16-7/h1-4,6H,5H2,(H,14,15). The van der Waals surface area contributed by atoms with Gasteiger partial charge in [-0.15, -0.1) is 11.3 Å². The summed E-state index contributed by atoms with van der Waals surface area (Å²) < 4.78 is 0. The van der Waals surface area contributed by atoms with E-state index in [-0.39, 0.29) is 11.1 Å². The first-order valence-electron chi connectivity index (χ1n) is 4.53. The van der Waals surface area contributed by atoms with Crippen molar-refractivity contribution in [2.75, 3.05) is 0 Å².